The minimum Gasteiger partial charge on any atom is -0.206 e. The summed E-state index contributed by atoms with van der Waals surface area (Å²) in [4.78, 5) is 0.755. The predicted octanol–water partition coefficient (Wildman–Crippen LogP) is 4.87. The zero-order chi connectivity index (χ0) is 11.8. The van der Waals surface area contributed by atoms with Crippen molar-refractivity contribution >= 4 is 22.5 Å². The molecule has 0 nitrogen and oxygen atoms in total. The quantitative estimate of drug-likeness (QED) is 0.634. The van der Waals surface area contributed by atoms with Gasteiger partial charge in [0.1, 0.15) is 5.82 Å². The molecule has 0 spiro atoms. The molecule has 0 unspecified atom stereocenters. The van der Waals surface area contributed by atoms with Crippen LogP contribution in [0.1, 0.15) is 20.8 Å². The van der Waals surface area contributed by atoms with E-state index in [-0.39, 0.29) is 10.6 Å². The van der Waals surface area contributed by atoms with Crippen LogP contribution >= 0.6 is 11.8 Å². The van der Waals surface area contributed by atoms with Crippen LogP contribution in [0.15, 0.2) is 41.3 Å². The van der Waals surface area contributed by atoms with E-state index in [9.17, 15) is 4.39 Å². The first kappa shape index (κ1) is 11.5. The zero-order valence-corrected chi connectivity index (χ0v) is 10.6. The van der Waals surface area contributed by atoms with Crippen LogP contribution < -0.4 is 0 Å². The van der Waals surface area contributed by atoms with Gasteiger partial charge in [0, 0.05) is 4.75 Å². The molecule has 0 aliphatic rings. The molecule has 2 rings (SSSR count). The lowest BCUT2D eigenvalue weighted by Crippen LogP contribution is -2.07. The van der Waals surface area contributed by atoms with Crippen LogP contribution in [0, 0.1) is 5.82 Å². The van der Waals surface area contributed by atoms with Crippen molar-refractivity contribution in [3.63, 3.8) is 0 Å². The van der Waals surface area contributed by atoms with Gasteiger partial charge < -0.3 is 0 Å². The molecule has 0 heterocycles. The first-order valence-corrected chi connectivity index (χ1v) is 6.15. The van der Waals surface area contributed by atoms with Gasteiger partial charge in [0.05, 0.1) is 4.90 Å². The molecule has 0 saturated carbocycles. The van der Waals surface area contributed by atoms with E-state index >= 15 is 0 Å². The maximum absolute atomic E-state index is 13.8. The number of rotatable bonds is 1. The second-order valence-electron chi connectivity index (χ2n) is 4.81. The molecule has 0 N–H and O–H groups in total. The van der Waals surface area contributed by atoms with E-state index in [0.717, 1.165) is 15.7 Å². The Morgan fingerprint density at radius 3 is 2.38 bits per heavy atom. The number of benzene rings is 2. The molecular weight excluding hydrogens is 219 g/mol. The topological polar surface area (TPSA) is 0 Å². The van der Waals surface area contributed by atoms with Crippen LogP contribution in [0.5, 0.6) is 0 Å². The minimum atomic E-state index is -0.126. The second kappa shape index (κ2) is 4.10. The van der Waals surface area contributed by atoms with Gasteiger partial charge in [0.15, 0.2) is 0 Å². The molecule has 0 amide bonds. The highest BCUT2D eigenvalue weighted by molar-refractivity contribution is 8.00. The van der Waals surface area contributed by atoms with Gasteiger partial charge in [0.2, 0.25) is 0 Å². The Balaban J connectivity index is 2.62. The molecule has 16 heavy (non-hydrogen) atoms. The van der Waals surface area contributed by atoms with Crippen molar-refractivity contribution < 1.29 is 4.39 Å². The standard InChI is InChI=1S/C14H15FS/c1-14(2,3)16-13-11-7-5-4-6-10(11)8-9-12(13)15/h4-9H,1-3H3. The van der Waals surface area contributed by atoms with E-state index in [2.05, 4.69) is 20.8 Å². The maximum Gasteiger partial charge on any atom is 0.137 e. The fraction of sp³-hybridized carbons (Fsp3) is 0.286. The zero-order valence-electron chi connectivity index (χ0n) is 9.75. The molecule has 2 aromatic rings. The lowest BCUT2D eigenvalue weighted by Gasteiger charge is -2.19. The van der Waals surface area contributed by atoms with Crippen LogP contribution in [0.4, 0.5) is 4.39 Å². The third-order valence-corrected chi connectivity index (χ3v) is 3.47. The van der Waals surface area contributed by atoms with E-state index in [1.807, 2.05) is 30.3 Å². The Morgan fingerprint density at radius 1 is 1.00 bits per heavy atom. The number of hydrogen-bond donors (Lipinski definition) is 0. The van der Waals surface area contributed by atoms with Crippen molar-refractivity contribution in [2.75, 3.05) is 0 Å². The Morgan fingerprint density at radius 2 is 1.69 bits per heavy atom. The summed E-state index contributed by atoms with van der Waals surface area (Å²) in [5.74, 6) is -0.126. The van der Waals surface area contributed by atoms with Crippen molar-refractivity contribution in [3.8, 4) is 0 Å². The lowest BCUT2D eigenvalue weighted by atomic mass is 10.1. The lowest BCUT2D eigenvalue weighted by molar-refractivity contribution is 0.604. The highest BCUT2D eigenvalue weighted by atomic mass is 32.2. The normalized spacial score (nSPS) is 12.0. The smallest absolute Gasteiger partial charge is 0.137 e. The van der Waals surface area contributed by atoms with Crippen molar-refractivity contribution in [2.45, 2.75) is 30.4 Å². The maximum atomic E-state index is 13.8. The molecule has 0 saturated heterocycles. The second-order valence-corrected chi connectivity index (χ2v) is 6.65. The summed E-state index contributed by atoms with van der Waals surface area (Å²) in [6.45, 7) is 6.29. The Kier molecular flexibility index (Phi) is 2.94. The first-order valence-electron chi connectivity index (χ1n) is 5.34. The highest BCUT2D eigenvalue weighted by Crippen LogP contribution is 2.38. The third-order valence-electron chi connectivity index (χ3n) is 2.24. The molecule has 0 aromatic heterocycles. The fourth-order valence-electron chi connectivity index (χ4n) is 1.63. The van der Waals surface area contributed by atoms with Crippen LogP contribution in [0.2, 0.25) is 0 Å². The van der Waals surface area contributed by atoms with Gasteiger partial charge in [-0.1, -0.05) is 51.1 Å². The van der Waals surface area contributed by atoms with Crippen molar-refractivity contribution in [2.24, 2.45) is 0 Å². The van der Waals surface area contributed by atoms with Gasteiger partial charge in [-0.05, 0) is 16.8 Å². The number of fused-ring (bicyclic) bond motifs is 1. The molecule has 0 fully saturated rings. The van der Waals surface area contributed by atoms with E-state index in [0.29, 0.717) is 0 Å². The Labute approximate surface area is 99.9 Å². The molecule has 2 aromatic carbocycles. The van der Waals surface area contributed by atoms with E-state index in [1.165, 1.54) is 0 Å². The van der Waals surface area contributed by atoms with Gasteiger partial charge in [-0.3, -0.25) is 0 Å². The average molecular weight is 234 g/mol. The predicted molar refractivity (Wildman–Crippen MR) is 69.5 cm³/mol. The molecule has 0 atom stereocenters. The molecule has 0 radical (unpaired) electrons. The van der Waals surface area contributed by atoms with Crippen molar-refractivity contribution in [1.82, 2.24) is 0 Å². The average Bonchev–Trinajstić information content (AvgIpc) is 2.21. The number of hydrogen-bond acceptors (Lipinski definition) is 1. The summed E-state index contributed by atoms with van der Waals surface area (Å²) >= 11 is 1.58. The molecular formula is C14H15FS. The van der Waals surface area contributed by atoms with Crippen LogP contribution in [0.3, 0.4) is 0 Å². The first-order chi connectivity index (χ1) is 7.47. The van der Waals surface area contributed by atoms with Crippen molar-refractivity contribution in [3.05, 3.63) is 42.2 Å². The molecule has 84 valence electrons. The molecule has 0 aliphatic heterocycles. The summed E-state index contributed by atoms with van der Waals surface area (Å²) < 4.78 is 13.8. The summed E-state index contributed by atoms with van der Waals surface area (Å²) in [5.41, 5.74) is 0. The van der Waals surface area contributed by atoms with Gasteiger partial charge >= 0.3 is 0 Å². The van der Waals surface area contributed by atoms with E-state index in [1.54, 1.807) is 17.8 Å². The highest BCUT2D eigenvalue weighted by Gasteiger charge is 2.17. The number of thioether (sulfide) groups is 1. The van der Waals surface area contributed by atoms with Gasteiger partial charge in [-0.15, -0.1) is 11.8 Å². The Hall–Kier alpha value is -1.02. The largest absolute Gasteiger partial charge is 0.206 e. The molecule has 0 aliphatic carbocycles. The van der Waals surface area contributed by atoms with Crippen molar-refractivity contribution in [1.29, 1.82) is 0 Å². The van der Waals surface area contributed by atoms with Crippen LogP contribution in [-0.2, 0) is 0 Å². The summed E-state index contributed by atoms with van der Waals surface area (Å²) in [7, 11) is 0. The minimum absolute atomic E-state index is 0.0188. The summed E-state index contributed by atoms with van der Waals surface area (Å²) in [5, 5.41) is 2.10. The molecule has 2 heteroatoms. The van der Waals surface area contributed by atoms with E-state index in [4.69, 9.17) is 0 Å². The summed E-state index contributed by atoms with van der Waals surface area (Å²) in [6.07, 6.45) is 0. The third kappa shape index (κ3) is 2.38. The summed E-state index contributed by atoms with van der Waals surface area (Å²) in [6, 6.07) is 11.3. The molecule has 0 bridgehead atoms. The Bertz CT molecular complexity index is 512. The number of halogens is 1. The van der Waals surface area contributed by atoms with Gasteiger partial charge in [-0.2, -0.15) is 0 Å². The van der Waals surface area contributed by atoms with E-state index < -0.39 is 0 Å². The van der Waals surface area contributed by atoms with Gasteiger partial charge in [0.25, 0.3) is 0 Å². The van der Waals surface area contributed by atoms with Crippen LogP contribution in [0.25, 0.3) is 10.8 Å². The SMILES string of the molecule is CC(C)(C)Sc1c(F)ccc2ccccc12. The van der Waals surface area contributed by atoms with Gasteiger partial charge in [-0.25, -0.2) is 4.39 Å². The monoisotopic (exact) mass is 234 g/mol. The fourth-order valence-corrected chi connectivity index (χ4v) is 2.70. The van der Waals surface area contributed by atoms with Crippen LogP contribution in [-0.4, -0.2) is 4.75 Å².